The normalized spacial score (nSPS) is 11.1. The molecule has 9 heteroatoms. The van der Waals surface area contributed by atoms with Crippen LogP contribution in [0.4, 0.5) is 9.93 Å². The molecule has 1 aromatic heterocycles. The van der Waals surface area contributed by atoms with Crippen LogP contribution in [0.1, 0.15) is 20.8 Å². The Labute approximate surface area is 126 Å². The first-order valence-corrected chi connectivity index (χ1v) is 7.66. The van der Waals surface area contributed by atoms with Gasteiger partial charge in [0.15, 0.2) is 4.34 Å². The van der Waals surface area contributed by atoms with E-state index in [-0.39, 0.29) is 17.8 Å². The van der Waals surface area contributed by atoms with Gasteiger partial charge in [0.2, 0.25) is 5.13 Å². The minimum absolute atomic E-state index is 0.162. The summed E-state index contributed by atoms with van der Waals surface area (Å²) in [5.41, 5.74) is -0.497. The van der Waals surface area contributed by atoms with Gasteiger partial charge < -0.3 is 10.1 Å². The maximum absolute atomic E-state index is 11.6. The Bertz CT molecular complexity index is 484. The maximum Gasteiger partial charge on any atom is 0.323 e. The molecule has 0 aliphatic heterocycles. The number of carbonyl (C=O) groups is 2. The van der Waals surface area contributed by atoms with Crippen molar-refractivity contribution in [1.29, 1.82) is 0 Å². The van der Waals surface area contributed by atoms with Crippen LogP contribution in [0.3, 0.4) is 0 Å². The molecule has 1 aromatic rings. The molecular formula is C11H18N4O3S2. The third kappa shape index (κ3) is 5.33. The maximum atomic E-state index is 11.6. The molecule has 1 rings (SSSR count). The third-order valence-electron chi connectivity index (χ3n) is 1.93. The molecule has 0 aliphatic rings. The molecule has 0 bridgehead atoms. The number of carbonyl (C=O) groups excluding carboxylic acids is 2. The van der Waals surface area contributed by atoms with Crippen molar-refractivity contribution in [2.24, 2.45) is 0 Å². The number of ether oxygens (including phenoxy) is 1. The van der Waals surface area contributed by atoms with Crippen LogP contribution < -0.4 is 10.2 Å². The molecular weight excluding hydrogens is 300 g/mol. The number of hydrogen-bond acceptors (Lipinski definition) is 7. The number of nitrogens with zero attached hydrogens (tertiary/aromatic N) is 3. The fraction of sp³-hybridized carbons (Fsp3) is 0.636. The van der Waals surface area contributed by atoms with E-state index in [0.717, 1.165) is 0 Å². The Kier molecular flexibility index (Phi) is 5.75. The van der Waals surface area contributed by atoms with Gasteiger partial charge in [-0.2, -0.15) is 0 Å². The van der Waals surface area contributed by atoms with E-state index in [1.54, 1.807) is 7.05 Å². The summed E-state index contributed by atoms with van der Waals surface area (Å²) in [5.74, 6) is -0.144. The standard InChI is InChI=1S/C11H18N4O3S2/c1-11(2,3)18-7(16)6-19-10-14-13-9(20-10)15(5)8(17)12-4/h6H2,1-5H3,(H,12,17). The Morgan fingerprint density at radius 2 is 2.05 bits per heavy atom. The number of thioether (sulfide) groups is 1. The first kappa shape index (κ1) is 16.7. The van der Waals surface area contributed by atoms with E-state index >= 15 is 0 Å². The van der Waals surface area contributed by atoms with Gasteiger partial charge in [-0.25, -0.2) is 4.79 Å². The summed E-state index contributed by atoms with van der Waals surface area (Å²) in [7, 11) is 3.14. The second-order valence-corrected chi connectivity index (χ2v) is 7.02. The zero-order valence-electron chi connectivity index (χ0n) is 12.1. The second-order valence-electron chi connectivity index (χ2n) is 4.84. The van der Waals surface area contributed by atoms with Crippen LogP contribution in [0.5, 0.6) is 0 Å². The molecule has 0 atom stereocenters. The Hall–Kier alpha value is -1.35. The summed E-state index contributed by atoms with van der Waals surface area (Å²) >= 11 is 2.48. The lowest BCUT2D eigenvalue weighted by molar-refractivity contribution is -0.151. The van der Waals surface area contributed by atoms with Gasteiger partial charge in [0.25, 0.3) is 0 Å². The average molecular weight is 318 g/mol. The van der Waals surface area contributed by atoms with Gasteiger partial charge in [0, 0.05) is 14.1 Å². The van der Waals surface area contributed by atoms with Crippen molar-refractivity contribution in [3.05, 3.63) is 0 Å². The first-order valence-electron chi connectivity index (χ1n) is 5.86. The van der Waals surface area contributed by atoms with Gasteiger partial charge in [-0.3, -0.25) is 9.69 Å². The Balaban J connectivity index is 2.53. The van der Waals surface area contributed by atoms with Crippen molar-refractivity contribution in [3.63, 3.8) is 0 Å². The highest BCUT2D eigenvalue weighted by atomic mass is 32.2. The van der Waals surface area contributed by atoms with E-state index in [1.165, 1.54) is 35.0 Å². The van der Waals surface area contributed by atoms with Crippen LogP contribution in [-0.2, 0) is 9.53 Å². The molecule has 0 saturated carbocycles. The molecule has 0 fully saturated rings. The number of aromatic nitrogens is 2. The van der Waals surface area contributed by atoms with E-state index in [0.29, 0.717) is 9.47 Å². The second kappa shape index (κ2) is 6.89. The minimum atomic E-state index is -0.497. The SMILES string of the molecule is CNC(=O)N(C)c1nnc(SCC(=O)OC(C)(C)C)s1. The van der Waals surface area contributed by atoms with Crippen molar-refractivity contribution in [3.8, 4) is 0 Å². The van der Waals surface area contributed by atoms with Gasteiger partial charge in [-0.05, 0) is 20.8 Å². The van der Waals surface area contributed by atoms with Gasteiger partial charge in [-0.1, -0.05) is 23.1 Å². The number of anilines is 1. The van der Waals surface area contributed by atoms with Crippen LogP contribution in [0, 0.1) is 0 Å². The lowest BCUT2D eigenvalue weighted by Crippen LogP contribution is -2.34. The number of amides is 2. The van der Waals surface area contributed by atoms with Gasteiger partial charge in [0.1, 0.15) is 5.60 Å². The van der Waals surface area contributed by atoms with Crippen molar-refractivity contribution >= 4 is 40.2 Å². The van der Waals surface area contributed by atoms with Gasteiger partial charge in [-0.15, -0.1) is 10.2 Å². The molecule has 2 amide bonds. The summed E-state index contributed by atoms with van der Waals surface area (Å²) in [5, 5.41) is 10.8. The minimum Gasteiger partial charge on any atom is -0.459 e. The zero-order valence-corrected chi connectivity index (χ0v) is 13.7. The van der Waals surface area contributed by atoms with E-state index < -0.39 is 5.60 Å². The lowest BCUT2D eigenvalue weighted by atomic mass is 10.2. The summed E-state index contributed by atoms with van der Waals surface area (Å²) in [6.07, 6.45) is 0. The van der Waals surface area contributed by atoms with Crippen LogP contribution in [0.2, 0.25) is 0 Å². The molecule has 1 N–H and O–H groups in total. The predicted octanol–water partition coefficient (Wildman–Crippen LogP) is 1.75. The molecule has 0 unspecified atom stereocenters. The van der Waals surface area contributed by atoms with Gasteiger partial charge >= 0.3 is 12.0 Å². The molecule has 7 nitrogen and oxygen atoms in total. The number of rotatable bonds is 4. The first-order chi connectivity index (χ1) is 9.23. The van der Waals surface area contributed by atoms with Crippen molar-refractivity contribution in [2.75, 3.05) is 24.7 Å². The van der Waals surface area contributed by atoms with Crippen LogP contribution in [0.15, 0.2) is 4.34 Å². The molecule has 20 heavy (non-hydrogen) atoms. The number of hydrogen-bond donors (Lipinski definition) is 1. The van der Waals surface area contributed by atoms with Crippen molar-refractivity contribution in [2.45, 2.75) is 30.7 Å². The predicted molar refractivity (Wildman–Crippen MR) is 79.3 cm³/mol. The number of nitrogens with one attached hydrogen (secondary N) is 1. The largest absolute Gasteiger partial charge is 0.459 e. The Morgan fingerprint density at radius 1 is 1.40 bits per heavy atom. The topological polar surface area (TPSA) is 84.4 Å². The van der Waals surface area contributed by atoms with Crippen molar-refractivity contribution < 1.29 is 14.3 Å². The number of esters is 1. The molecule has 1 heterocycles. The highest BCUT2D eigenvalue weighted by Gasteiger charge is 2.18. The molecule has 0 spiro atoms. The fourth-order valence-corrected chi connectivity index (χ4v) is 2.72. The van der Waals surface area contributed by atoms with Crippen LogP contribution >= 0.6 is 23.1 Å². The molecule has 0 aliphatic carbocycles. The van der Waals surface area contributed by atoms with E-state index in [9.17, 15) is 9.59 Å². The highest BCUT2D eigenvalue weighted by Crippen LogP contribution is 2.27. The van der Waals surface area contributed by atoms with E-state index in [4.69, 9.17) is 4.74 Å². The molecule has 0 radical (unpaired) electrons. The van der Waals surface area contributed by atoms with Crippen molar-refractivity contribution in [1.82, 2.24) is 15.5 Å². The third-order valence-corrected chi connectivity index (χ3v) is 4.04. The van der Waals surface area contributed by atoms with E-state index in [2.05, 4.69) is 15.5 Å². The molecule has 112 valence electrons. The van der Waals surface area contributed by atoms with Crippen LogP contribution in [0.25, 0.3) is 0 Å². The molecule has 0 aromatic carbocycles. The summed E-state index contributed by atoms with van der Waals surface area (Å²) in [4.78, 5) is 24.3. The fourth-order valence-electron chi connectivity index (χ4n) is 1.14. The van der Waals surface area contributed by atoms with E-state index in [1.807, 2.05) is 20.8 Å². The average Bonchev–Trinajstić information content (AvgIpc) is 2.81. The lowest BCUT2D eigenvalue weighted by Gasteiger charge is -2.18. The molecule has 0 saturated heterocycles. The highest BCUT2D eigenvalue weighted by molar-refractivity contribution is 8.01. The summed E-state index contributed by atoms with van der Waals surface area (Å²) < 4.78 is 5.80. The Morgan fingerprint density at radius 3 is 2.60 bits per heavy atom. The monoisotopic (exact) mass is 318 g/mol. The quantitative estimate of drug-likeness (QED) is 0.517. The summed E-state index contributed by atoms with van der Waals surface area (Å²) in [6, 6.07) is -0.273. The zero-order chi connectivity index (χ0) is 15.3. The smallest absolute Gasteiger partial charge is 0.323 e. The number of urea groups is 1. The summed E-state index contributed by atoms with van der Waals surface area (Å²) in [6.45, 7) is 5.45. The van der Waals surface area contributed by atoms with Crippen LogP contribution in [-0.4, -0.2) is 47.6 Å². The van der Waals surface area contributed by atoms with Gasteiger partial charge in [0.05, 0.1) is 5.75 Å².